The first-order chi connectivity index (χ1) is 10.6. The number of benzene rings is 1. The molecule has 0 aliphatic carbocycles. The quantitative estimate of drug-likeness (QED) is 0.219. The van der Waals surface area contributed by atoms with Crippen LogP contribution in [0.2, 0.25) is 13.1 Å². The maximum Gasteiger partial charge on any atom is 0.286 e. The number of thioether (sulfide) groups is 1. The van der Waals surface area contributed by atoms with E-state index >= 15 is 0 Å². The van der Waals surface area contributed by atoms with Gasteiger partial charge < -0.3 is 9.16 Å². The first-order valence-corrected chi connectivity index (χ1v) is 11.8. The Hall–Kier alpha value is -1.05. The summed E-state index contributed by atoms with van der Waals surface area (Å²) >= 11 is 1.35. The molecule has 1 aromatic rings. The number of hydrogen-bond acceptors (Lipinski definition) is 5. The van der Waals surface area contributed by atoms with Crippen LogP contribution in [0.4, 0.5) is 5.69 Å². The lowest BCUT2D eigenvalue weighted by atomic mass is 9.90. The highest BCUT2D eigenvalue weighted by molar-refractivity contribution is 7.98. The van der Waals surface area contributed by atoms with Crippen molar-refractivity contribution in [1.82, 2.24) is 0 Å². The molecule has 130 valence electrons. The average molecular weight is 358 g/mol. The summed E-state index contributed by atoms with van der Waals surface area (Å²) in [6.07, 6.45) is 3.21. The van der Waals surface area contributed by atoms with Gasteiger partial charge in [-0.2, -0.15) is 0 Å². The molecule has 0 aliphatic rings. The Morgan fingerprint density at radius 2 is 2.00 bits per heavy atom. The van der Waals surface area contributed by atoms with Crippen LogP contribution in [0.1, 0.15) is 33.6 Å². The molecule has 0 bridgehead atoms. The molecule has 23 heavy (non-hydrogen) atoms. The van der Waals surface area contributed by atoms with Crippen molar-refractivity contribution >= 4 is 26.5 Å². The molecule has 1 aromatic carbocycles. The fourth-order valence-corrected chi connectivity index (χ4v) is 3.39. The monoisotopic (exact) mass is 357 g/mol. The smallest absolute Gasteiger partial charge is 0.286 e. The lowest BCUT2D eigenvalue weighted by molar-refractivity contribution is -0.387. The van der Waals surface area contributed by atoms with E-state index in [1.165, 1.54) is 17.8 Å². The van der Waals surface area contributed by atoms with E-state index in [4.69, 9.17) is 9.16 Å². The summed E-state index contributed by atoms with van der Waals surface area (Å²) in [5.41, 5.74) is 0.268. The molecule has 0 saturated heterocycles. The average Bonchev–Trinajstić information content (AvgIpc) is 2.43. The summed E-state index contributed by atoms with van der Waals surface area (Å²) in [6.45, 7) is 10.7. The molecule has 1 unspecified atom stereocenters. The fourth-order valence-electron chi connectivity index (χ4n) is 2.05. The zero-order valence-electron chi connectivity index (χ0n) is 14.8. The van der Waals surface area contributed by atoms with Gasteiger partial charge in [-0.15, -0.1) is 11.8 Å². The molecule has 0 aromatic heterocycles. The van der Waals surface area contributed by atoms with Crippen molar-refractivity contribution < 1.29 is 14.1 Å². The first-order valence-electron chi connectivity index (χ1n) is 7.77. The van der Waals surface area contributed by atoms with Crippen LogP contribution in [0.3, 0.4) is 0 Å². The van der Waals surface area contributed by atoms with Gasteiger partial charge in [0.25, 0.3) is 5.69 Å². The van der Waals surface area contributed by atoms with Gasteiger partial charge in [-0.05, 0) is 43.3 Å². The number of hydrogen-bond donors (Lipinski definition) is 0. The molecule has 0 saturated carbocycles. The van der Waals surface area contributed by atoms with Crippen LogP contribution < -0.4 is 4.74 Å². The minimum atomic E-state index is -1.27. The summed E-state index contributed by atoms with van der Waals surface area (Å²) in [7, 11) is -1.27. The molecule has 0 amide bonds. The molecule has 0 heterocycles. The largest absolute Gasteiger partial charge is 0.466 e. The van der Waals surface area contributed by atoms with Gasteiger partial charge in [0.1, 0.15) is 5.75 Å². The number of ether oxygens (including phenoxy) is 1. The topological polar surface area (TPSA) is 61.6 Å². The van der Waals surface area contributed by atoms with Gasteiger partial charge in [0, 0.05) is 6.42 Å². The second-order valence-corrected chi connectivity index (χ2v) is 10.1. The van der Waals surface area contributed by atoms with Crippen LogP contribution in [0.25, 0.3) is 0 Å². The van der Waals surface area contributed by atoms with Gasteiger partial charge in [0.15, 0.2) is 15.3 Å². The standard InChI is InChI=1S/C16H27NO4SSi/c1-16(2,3)10-9-15(21-23(5)6)20-12-7-8-14(22-4)13(11-12)17(18)19/h7-8,11,15,23H,9-10H2,1-6H3. The van der Waals surface area contributed by atoms with Crippen LogP contribution >= 0.6 is 11.8 Å². The maximum atomic E-state index is 11.2. The minimum Gasteiger partial charge on any atom is -0.466 e. The van der Waals surface area contributed by atoms with Gasteiger partial charge in [0.2, 0.25) is 0 Å². The Bertz CT molecular complexity index is 531. The highest BCUT2D eigenvalue weighted by Gasteiger charge is 2.20. The summed E-state index contributed by atoms with van der Waals surface area (Å²) < 4.78 is 11.9. The molecule has 7 heteroatoms. The molecule has 0 fully saturated rings. The third-order valence-electron chi connectivity index (χ3n) is 3.17. The fraction of sp³-hybridized carbons (Fsp3) is 0.625. The van der Waals surface area contributed by atoms with E-state index in [9.17, 15) is 10.1 Å². The molecule has 0 radical (unpaired) electrons. The van der Waals surface area contributed by atoms with E-state index in [1.54, 1.807) is 12.1 Å². The third-order valence-corrected chi connectivity index (χ3v) is 4.80. The predicted molar refractivity (Wildman–Crippen MR) is 97.9 cm³/mol. The van der Waals surface area contributed by atoms with E-state index < -0.39 is 9.04 Å². The molecular formula is C16H27NO4SSi. The zero-order chi connectivity index (χ0) is 17.6. The second kappa shape index (κ2) is 8.70. The number of nitro benzene ring substituents is 1. The normalized spacial score (nSPS) is 13.2. The van der Waals surface area contributed by atoms with Gasteiger partial charge in [-0.1, -0.05) is 20.8 Å². The van der Waals surface area contributed by atoms with Crippen molar-refractivity contribution in [1.29, 1.82) is 0 Å². The summed E-state index contributed by atoms with van der Waals surface area (Å²) in [4.78, 5) is 11.4. The molecule has 1 atom stereocenters. The molecule has 5 nitrogen and oxygen atoms in total. The Morgan fingerprint density at radius 3 is 2.48 bits per heavy atom. The van der Waals surface area contributed by atoms with Crippen LogP contribution in [0, 0.1) is 15.5 Å². The Morgan fingerprint density at radius 1 is 1.35 bits per heavy atom. The highest BCUT2D eigenvalue weighted by Crippen LogP contribution is 2.32. The van der Waals surface area contributed by atoms with E-state index in [2.05, 4.69) is 33.9 Å². The van der Waals surface area contributed by atoms with Crippen molar-refractivity contribution in [3.05, 3.63) is 28.3 Å². The van der Waals surface area contributed by atoms with Crippen molar-refractivity contribution in [2.45, 2.75) is 57.9 Å². The summed E-state index contributed by atoms with van der Waals surface area (Å²) in [5.74, 6) is 0.489. The van der Waals surface area contributed by atoms with Crippen LogP contribution in [-0.4, -0.2) is 26.5 Å². The first kappa shape index (κ1) is 20.0. The third kappa shape index (κ3) is 7.37. The summed E-state index contributed by atoms with van der Waals surface area (Å²) in [6, 6.07) is 4.99. The Balaban J connectivity index is 2.89. The van der Waals surface area contributed by atoms with Crippen LogP contribution in [-0.2, 0) is 4.43 Å². The van der Waals surface area contributed by atoms with Crippen molar-refractivity contribution in [2.24, 2.45) is 5.41 Å². The predicted octanol–water partition coefficient (Wildman–Crippen LogP) is 4.85. The SMILES string of the molecule is CSc1ccc(OC(CCC(C)(C)C)O[SiH](C)C)cc1[N+](=O)[O-]. The lowest BCUT2D eigenvalue weighted by Crippen LogP contribution is -2.27. The molecule has 0 spiro atoms. The molecule has 0 aliphatic heterocycles. The maximum absolute atomic E-state index is 11.2. The number of nitrogens with zero attached hydrogens (tertiary/aromatic N) is 1. The number of nitro groups is 1. The van der Waals surface area contributed by atoms with Crippen molar-refractivity contribution in [3.63, 3.8) is 0 Å². The Labute approximate surface area is 144 Å². The molecular weight excluding hydrogens is 330 g/mol. The second-order valence-electron chi connectivity index (χ2n) is 6.92. The van der Waals surface area contributed by atoms with Crippen molar-refractivity contribution in [2.75, 3.05) is 6.26 Å². The van der Waals surface area contributed by atoms with E-state index in [0.717, 1.165) is 12.8 Å². The highest BCUT2D eigenvalue weighted by atomic mass is 32.2. The molecule has 1 rings (SSSR count). The van der Waals surface area contributed by atoms with Gasteiger partial charge in [0.05, 0.1) is 15.9 Å². The van der Waals surface area contributed by atoms with Gasteiger partial charge >= 0.3 is 0 Å². The van der Waals surface area contributed by atoms with Crippen LogP contribution in [0.15, 0.2) is 23.1 Å². The number of rotatable bonds is 8. The van der Waals surface area contributed by atoms with E-state index in [1.807, 2.05) is 6.26 Å². The van der Waals surface area contributed by atoms with E-state index in [-0.39, 0.29) is 22.3 Å². The van der Waals surface area contributed by atoms with E-state index in [0.29, 0.717) is 10.6 Å². The zero-order valence-corrected chi connectivity index (χ0v) is 16.8. The molecule has 0 N–H and O–H groups in total. The summed E-state index contributed by atoms with van der Waals surface area (Å²) in [5, 5.41) is 11.2. The van der Waals surface area contributed by atoms with Gasteiger partial charge in [-0.25, -0.2) is 0 Å². The van der Waals surface area contributed by atoms with Gasteiger partial charge in [-0.3, -0.25) is 10.1 Å². The van der Waals surface area contributed by atoms with Crippen molar-refractivity contribution in [3.8, 4) is 5.75 Å². The lowest BCUT2D eigenvalue weighted by Gasteiger charge is -2.25. The Kier molecular flexibility index (Phi) is 7.56. The minimum absolute atomic E-state index is 0.0753. The van der Waals surface area contributed by atoms with Crippen LogP contribution in [0.5, 0.6) is 5.75 Å².